The Morgan fingerprint density at radius 1 is 1.30 bits per heavy atom. The van der Waals surface area contributed by atoms with Gasteiger partial charge in [-0.15, -0.1) is 12.4 Å². The fourth-order valence-corrected chi connectivity index (χ4v) is 3.01. The van der Waals surface area contributed by atoms with E-state index >= 15 is 0 Å². The second-order valence-corrected chi connectivity index (χ2v) is 6.26. The standard InChI is InChI=1S/C18H28N2O2.ClH/c1-14-7-5-6-10-17(14)22-12-11-20-18(21)16(19)13-15-8-3-2-4-9-15;/h2-4,8-9,14,16-17H,5-7,10-13,19H2,1H3,(H,20,21);1H. The lowest BCUT2D eigenvalue weighted by atomic mass is 9.88. The molecule has 130 valence electrons. The summed E-state index contributed by atoms with van der Waals surface area (Å²) in [6, 6.07) is 9.34. The van der Waals surface area contributed by atoms with E-state index in [1.165, 1.54) is 19.3 Å². The first kappa shape index (κ1) is 19.9. The summed E-state index contributed by atoms with van der Waals surface area (Å²) >= 11 is 0. The number of benzene rings is 1. The van der Waals surface area contributed by atoms with E-state index in [0.29, 0.717) is 31.6 Å². The number of ether oxygens (including phenoxy) is 1. The average Bonchev–Trinajstić information content (AvgIpc) is 2.53. The van der Waals surface area contributed by atoms with Crippen LogP contribution in [0, 0.1) is 5.92 Å². The van der Waals surface area contributed by atoms with Crippen LogP contribution in [-0.2, 0) is 16.0 Å². The molecule has 3 unspecified atom stereocenters. The fourth-order valence-electron chi connectivity index (χ4n) is 3.01. The number of carbonyl (C=O) groups excluding carboxylic acids is 1. The minimum absolute atomic E-state index is 0. The van der Waals surface area contributed by atoms with Gasteiger partial charge in [0.2, 0.25) is 5.91 Å². The lowest BCUT2D eigenvalue weighted by Gasteiger charge is -2.28. The Balaban J connectivity index is 0.00000264. The summed E-state index contributed by atoms with van der Waals surface area (Å²) in [6.07, 6.45) is 5.87. The van der Waals surface area contributed by atoms with E-state index in [-0.39, 0.29) is 18.3 Å². The topological polar surface area (TPSA) is 64.3 Å². The molecular weight excluding hydrogens is 312 g/mol. The first-order valence-corrected chi connectivity index (χ1v) is 8.35. The van der Waals surface area contributed by atoms with Gasteiger partial charge in [0, 0.05) is 6.54 Å². The van der Waals surface area contributed by atoms with E-state index in [9.17, 15) is 4.79 Å². The van der Waals surface area contributed by atoms with Gasteiger partial charge in [-0.05, 0) is 30.7 Å². The quantitative estimate of drug-likeness (QED) is 0.750. The number of nitrogens with two attached hydrogens (primary N) is 1. The summed E-state index contributed by atoms with van der Waals surface area (Å²) in [5.41, 5.74) is 7.02. The molecule has 4 nitrogen and oxygen atoms in total. The van der Waals surface area contributed by atoms with Crippen LogP contribution in [0.3, 0.4) is 0 Å². The molecule has 1 aromatic carbocycles. The Labute approximate surface area is 145 Å². The average molecular weight is 341 g/mol. The van der Waals surface area contributed by atoms with E-state index in [0.717, 1.165) is 12.0 Å². The third kappa shape index (κ3) is 6.90. The molecule has 5 heteroatoms. The number of carbonyl (C=O) groups is 1. The summed E-state index contributed by atoms with van der Waals surface area (Å²) < 4.78 is 5.89. The van der Waals surface area contributed by atoms with Crippen molar-refractivity contribution in [2.24, 2.45) is 11.7 Å². The highest BCUT2D eigenvalue weighted by Crippen LogP contribution is 2.25. The van der Waals surface area contributed by atoms with Crippen LogP contribution in [0.1, 0.15) is 38.2 Å². The molecule has 0 spiro atoms. The molecule has 1 fully saturated rings. The lowest BCUT2D eigenvalue weighted by molar-refractivity contribution is -0.122. The second-order valence-electron chi connectivity index (χ2n) is 6.26. The van der Waals surface area contributed by atoms with Crippen molar-refractivity contribution in [1.82, 2.24) is 5.32 Å². The zero-order valence-electron chi connectivity index (χ0n) is 13.9. The first-order chi connectivity index (χ1) is 10.7. The molecular formula is C18H29ClN2O2. The van der Waals surface area contributed by atoms with Crippen molar-refractivity contribution in [2.45, 2.75) is 51.2 Å². The van der Waals surface area contributed by atoms with Crippen molar-refractivity contribution in [2.75, 3.05) is 13.2 Å². The predicted molar refractivity (Wildman–Crippen MR) is 95.8 cm³/mol. The van der Waals surface area contributed by atoms with E-state index in [1.54, 1.807) is 0 Å². The SMILES string of the molecule is CC1CCCCC1OCCNC(=O)C(N)Cc1ccccc1.Cl. The minimum atomic E-state index is -0.504. The second kappa shape index (κ2) is 10.6. The Bertz CT molecular complexity index is 456. The molecule has 0 saturated heterocycles. The van der Waals surface area contributed by atoms with Gasteiger partial charge in [-0.25, -0.2) is 0 Å². The van der Waals surface area contributed by atoms with Crippen molar-refractivity contribution >= 4 is 18.3 Å². The van der Waals surface area contributed by atoms with Crippen LogP contribution in [0.15, 0.2) is 30.3 Å². The van der Waals surface area contributed by atoms with Gasteiger partial charge in [-0.2, -0.15) is 0 Å². The molecule has 0 bridgehead atoms. The maximum Gasteiger partial charge on any atom is 0.237 e. The molecule has 0 aromatic heterocycles. The fraction of sp³-hybridized carbons (Fsp3) is 0.611. The molecule has 1 aliphatic rings. The van der Waals surface area contributed by atoms with Crippen molar-refractivity contribution < 1.29 is 9.53 Å². The van der Waals surface area contributed by atoms with Crippen molar-refractivity contribution in [3.05, 3.63) is 35.9 Å². The monoisotopic (exact) mass is 340 g/mol. The largest absolute Gasteiger partial charge is 0.376 e. The normalized spacial score (nSPS) is 22.0. The number of amides is 1. The van der Waals surface area contributed by atoms with Gasteiger partial charge in [0.1, 0.15) is 0 Å². The van der Waals surface area contributed by atoms with E-state index in [2.05, 4.69) is 12.2 Å². The Morgan fingerprint density at radius 2 is 2.00 bits per heavy atom. The van der Waals surface area contributed by atoms with Crippen molar-refractivity contribution in [3.8, 4) is 0 Å². The number of nitrogens with one attached hydrogen (secondary N) is 1. The van der Waals surface area contributed by atoms with Gasteiger partial charge in [0.05, 0.1) is 18.8 Å². The van der Waals surface area contributed by atoms with Gasteiger partial charge in [0.25, 0.3) is 0 Å². The molecule has 3 atom stereocenters. The van der Waals surface area contributed by atoms with Crippen molar-refractivity contribution in [3.63, 3.8) is 0 Å². The number of rotatable bonds is 7. The summed E-state index contributed by atoms with van der Waals surface area (Å²) in [5, 5.41) is 2.87. The van der Waals surface area contributed by atoms with Gasteiger partial charge in [-0.1, -0.05) is 50.1 Å². The van der Waals surface area contributed by atoms with Crippen LogP contribution in [0.2, 0.25) is 0 Å². The third-order valence-electron chi connectivity index (χ3n) is 4.40. The molecule has 0 heterocycles. The van der Waals surface area contributed by atoms with E-state index in [1.807, 2.05) is 30.3 Å². The Hall–Kier alpha value is -1.10. The highest BCUT2D eigenvalue weighted by molar-refractivity contribution is 5.85. The molecule has 1 amide bonds. The number of hydrogen-bond acceptors (Lipinski definition) is 3. The smallest absolute Gasteiger partial charge is 0.237 e. The zero-order valence-corrected chi connectivity index (χ0v) is 14.7. The Kier molecular flexibility index (Phi) is 9.22. The van der Waals surface area contributed by atoms with Crippen LogP contribution < -0.4 is 11.1 Å². The van der Waals surface area contributed by atoms with Crippen LogP contribution in [0.4, 0.5) is 0 Å². The molecule has 0 aliphatic heterocycles. The van der Waals surface area contributed by atoms with Crippen LogP contribution in [-0.4, -0.2) is 31.2 Å². The maximum atomic E-state index is 12.0. The minimum Gasteiger partial charge on any atom is -0.376 e. The molecule has 1 saturated carbocycles. The summed E-state index contributed by atoms with van der Waals surface area (Å²) in [5.74, 6) is 0.522. The first-order valence-electron chi connectivity index (χ1n) is 8.35. The van der Waals surface area contributed by atoms with Gasteiger partial charge in [0.15, 0.2) is 0 Å². The highest BCUT2D eigenvalue weighted by atomic mass is 35.5. The molecule has 3 N–H and O–H groups in total. The van der Waals surface area contributed by atoms with Gasteiger partial charge in [-0.3, -0.25) is 4.79 Å². The van der Waals surface area contributed by atoms with Crippen molar-refractivity contribution in [1.29, 1.82) is 0 Å². The Morgan fingerprint density at radius 3 is 2.70 bits per heavy atom. The van der Waals surface area contributed by atoms with E-state index < -0.39 is 6.04 Å². The van der Waals surface area contributed by atoms with Crippen LogP contribution in [0.25, 0.3) is 0 Å². The number of halogens is 1. The van der Waals surface area contributed by atoms with Gasteiger partial charge >= 0.3 is 0 Å². The van der Waals surface area contributed by atoms with Crippen LogP contribution >= 0.6 is 12.4 Å². The zero-order chi connectivity index (χ0) is 15.8. The lowest BCUT2D eigenvalue weighted by Crippen LogP contribution is -2.43. The van der Waals surface area contributed by atoms with Gasteiger partial charge < -0.3 is 15.8 Å². The summed E-state index contributed by atoms with van der Waals surface area (Å²) in [6.45, 7) is 3.35. The molecule has 23 heavy (non-hydrogen) atoms. The van der Waals surface area contributed by atoms with Crippen LogP contribution in [0.5, 0.6) is 0 Å². The number of hydrogen-bond donors (Lipinski definition) is 2. The predicted octanol–water partition coefficient (Wildman–Crippen LogP) is 2.69. The molecule has 1 aliphatic carbocycles. The molecule has 2 rings (SSSR count). The molecule has 0 radical (unpaired) electrons. The molecule has 1 aromatic rings. The van der Waals surface area contributed by atoms with E-state index in [4.69, 9.17) is 10.5 Å². The summed E-state index contributed by atoms with van der Waals surface area (Å²) in [7, 11) is 0. The highest BCUT2D eigenvalue weighted by Gasteiger charge is 2.21. The summed E-state index contributed by atoms with van der Waals surface area (Å²) in [4.78, 5) is 12.0. The third-order valence-corrected chi connectivity index (χ3v) is 4.40. The maximum absolute atomic E-state index is 12.0.